The summed E-state index contributed by atoms with van der Waals surface area (Å²) in [5, 5.41) is 31.5. The Kier molecular flexibility index (Phi) is 8.91. The van der Waals surface area contributed by atoms with Crippen LogP contribution in [-0.4, -0.2) is 45.2 Å². The van der Waals surface area contributed by atoms with Crippen molar-refractivity contribution >= 4 is 17.7 Å². The van der Waals surface area contributed by atoms with E-state index in [4.69, 9.17) is 15.1 Å². The number of oxime groups is 1. The molecule has 1 aliphatic carbocycles. The Morgan fingerprint density at radius 3 is 2.68 bits per heavy atom. The van der Waals surface area contributed by atoms with Crippen molar-refractivity contribution in [1.82, 2.24) is 0 Å². The Morgan fingerprint density at radius 1 is 1.36 bits per heavy atom. The molecule has 140 valence electrons. The van der Waals surface area contributed by atoms with E-state index in [-0.39, 0.29) is 12.3 Å². The molecular weight excluding hydrogens is 326 g/mol. The van der Waals surface area contributed by atoms with Gasteiger partial charge in [-0.15, -0.1) is 0 Å². The molecule has 0 amide bonds. The van der Waals surface area contributed by atoms with Crippen LogP contribution >= 0.6 is 0 Å². The van der Waals surface area contributed by atoms with E-state index in [1.54, 1.807) is 6.08 Å². The highest BCUT2D eigenvalue weighted by atomic mass is 16.6. The van der Waals surface area contributed by atoms with Crippen LogP contribution in [0.3, 0.4) is 0 Å². The fraction of sp³-hybridized carbons (Fsp3) is 0.611. The fourth-order valence-electron chi connectivity index (χ4n) is 2.44. The summed E-state index contributed by atoms with van der Waals surface area (Å²) in [4.78, 5) is 26.8. The summed E-state index contributed by atoms with van der Waals surface area (Å²) in [7, 11) is 0. The first-order valence-electron chi connectivity index (χ1n) is 8.51. The van der Waals surface area contributed by atoms with Crippen molar-refractivity contribution in [2.75, 3.05) is 0 Å². The molecule has 0 saturated carbocycles. The second-order valence-electron chi connectivity index (χ2n) is 6.52. The molecule has 0 aliphatic heterocycles. The maximum absolute atomic E-state index is 11.2. The molecule has 7 nitrogen and oxygen atoms in total. The van der Waals surface area contributed by atoms with E-state index < -0.39 is 24.1 Å². The van der Waals surface area contributed by atoms with Gasteiger partial charge < -0.3 is 20.2 Å². The topological polar surface area (TPSA) is 116 Å². The Bertz CT molecular complexity index is 550. The highest BCUT2D eigenvalue weighted by Crippen LogP contribution is 2.21. The summed E-state index contributed by atoms with van der Waals surface area (Å²) in [6.07, 6.45) is 6.40. The first-order chi connectivity index (χ1) is 11.8. The Morgan fingerprint density at radius 2 is 2.08 bits per heavy atom. The predicted molar refractivity (Wildman–Crippen MR) is 93.3 cm³/mol. The Balaban J connectivity index is 2.57. The molecule has 1 unspecified atom stereocenters. The Labute approximate surface area is 147 Å². The first kappa shape index (κ1) is 20.9. The number of aliphatic carboxylic acids is 2. The van der Waals surface area contributed by atoms with Crippen LogP contribution in [0.1, 0.15) is 52.4 Å². The van der Waals surface area contributed by atoms with E-state index in [1.165, 1.54) is 0 Å². The minimum Gasteiger partial charge on any atom is -0.481 e. The van der Waals surface area contributed by atoms with E-state index in [0.29, 0.717) is 37.8 Å². The molecule has 0 heterocycles. The molecule has 0 fully saturated rings. The van der Waals surface area contributed by atoms with Crippen molar-refractivity contribution < 1.29 is 29.7 Å². The van der Waals surface area contributed by atoms with E-state index in [2.05, 4.69) is 5.16 Å². The summed E-state index contributed by atoms with van der Waals surface area (Å²) in [6, 6.07) is 0. The number of allylic oxidation sites excluding steroid dienone is 3. The number of aliphatic hydroxyl groups excluding tert-OH is 1. The number of hydrogen-bond acceptors (Lipinski definition) is 5. The smallest absolute Gasteiger partial charge is 0.347 e. The van der Waals surface area contributed by atoms with Crippen LogP contribution in [0, 0.1) is 5.92 Å². The average molecular weight is 353 g/mol. The maximum atomic E-state index is 11.2. The van der Waals surface area contributed by atoms with Crippen molar-refractivity contribution in [1.29, 1.82) is 0 Å². The molecule has 0 aromatic rings. The number of carboxylic acid groups (broad SMARTS) is 2. The molecular formula is C18H27NO6. The highest BCUT2D eigenvalue weighted by molar-refractivity contribution is 6.02. The number of nitrogens with zero attached hydrogens (tertiary/aromatic N) is 1. The minimum absolute atomic E-state index is 0.138. The zero-order valence-electron chi connectivity index (χ0n) is 14.7. The molecule has 2 atom stereocenters. The first-order valence-corrected chi connectivity index (χ1v) is 8.51. The molecule has 3 N–H and O–H groups in total. The molecule has 0 saturated heterocycles. The van der Waals surface area contributed by atoms with E-state index in [0.717, 1.165) is 5.57 Å². The van der Waals surface area contributed by atoms with Crippen LogP contribution in [0.5, 0.6) is 0 Å². The van der Waals surface area contributed by atoms with Crippen molar-refractivity contribution in [3.63, 3.8) is 0 Å². The lowest BCUT2D eigenvalue weighted by Gasteiger charge is -2.13. The van der Waals surface area contributed by atoms with Crippen molar-refractivity contribution in [2.24, 2.45) is 11.1 Å². The van der Waals surface area contributed by atoms with E-state index >= 15 is 0 Å². The third-order valence-corrected chi connectivity index (χ3v) is 3.68. The average Bonchev–Trinajstić information content (AvgIpc) is 2.86. The molecule has 0 radical (unpaired) electrons. The van der Waals surface area contributed by atoms with Crippen LogP contribution in [-0.2, 0) is 14.4 Å². The van der Waals surface area contributed by atoms with Crippen LogP contribution < -0.4 is 0 Å². The van der Waals surface area contributed by atoms with Gasteiger partial charge in [0.2, 0.25) is 6.10 Å². The second kappa shape index (κ2) is 10.7. The molecule has 1 rings (SSSR count). The molecule has 0 bridgehead atoms. The lowest BCUT2D eigenvalue weighted by atomic mass is 10.1. The lowest BCUT2D eigenvalue weighted by Crippen LogP contribution is -2.24. The van der Waals surface area contributed by atoms with Gasteiger partial charge in [-0.3, -0.25) is 4.79 Å². The SMILES string of the molecule is CC(C)CC(ON=C1C[C@H](O)C=C1C/C=C\CCCC(=O)O)C(=O)O. The summed E-state index contributed by atoms with van der Waals surface area (Å²) < 4.78 is 0. The normalized spacial score (nSPS) is 20.2. The third kappa shape index (κ3) is 8.49. The van der Waals surface area contributed by atoms with Crippen LogP contribution in [0.2, 0.25) is 0 Å². The zero-order valence-corrected chi connectivity index (χ0v) is 14.7. The van der Waals surface area contributed by atoms with Crippen molar-refractivity contribution in [3.05, 3.63) is 23.8 Å². The summed E-state index contributed by atoms with van der Waals surface area (Å²) in [6.45, 7) is 3.82. The highest BCUT2D eigenvalue weighted by Gasteiger charge is 2.24. The number of hydrogen-bond donors (Lipinski definition) is 3. The standard InChI is InChI=1S/C18H27NO6/c1-12(2)9-16(18(23)24)25-19-15-11-14(20)10-13(15)7-5-3-4-6-8-17(21)22/h3,5,10,12,14,16,20H,4,6-9,11H2,1-2H3,(H,21,22)(H,23,24)/b5-3-,19-15?/t14-,16?/m1/s1. The van der Waals surface area contributed by atoms with Gasteiger partial charge in [-0.25, -0.2) is 4.79 Å². The van der Waals surface area contributed by atoms with Gasteiger partial charge >= 0.3 is 11.9 Å². The van der Waals surface area contributed by atoms with E-state index in [1.807, 2.05) is 26.0 Å². The zero-order chi connectivity index (χ0) is 18.8. The molecule has 7 heteroatoms. The van der Waals surface area contributed by atoms with Gasteiger partial charge in [0.05, 0.1) is 11.8 Å². The monoisotopic (exact) mass is 353 g/mol. The lowest BCUT2D eigenvalue weighted by molar-refractivity contribution is -0.151. The summed E-state index contributed by atoms with van der Waals surface area (Å²) >= 11 is 0. The van der Waals surface area contributed by atoms with Gasteiger partial charge in [0.25, 0.3) is 0 Å². The summed E-state index contributed by atoms with van der Waals surface area (Å²) in [5.41, 5.74) is 1.35. The van der Waals surface area contributed by atoms with E-state index in [9.17, 15) is 14.7 Å². The second-order valence-corrected chi connectivity index (χ2v) is 6.52. The van der Waals surface area contributed by atoms with Crippen molar-refractivity contribution in [2.45, 2.75) is 64.6 Å². The largest absolute Gasteiger partial charge is 0.481 e. The number of rotatable bonds is 11. The molecule has 1 aliphatic rings. The minimum atomic E-state index is -1.06. The number of carbonyl (C=O) groups is 2. The van der Waals surface area contributed by atoms with Gasteiger partial charge in [0.15, 0.2) is 0 Å². The molecule has 0 spiro atoms. The maximum Gasteiger partial charge on any atom is 0.347 e. The van der Waals surface area contributed by atoms with Crippen LogP contribution in [0.4, 0.5) is 0 Å². The van der Waals surface area contributed by atoms with Gasteiger partial charge in [-0.1, -0.05) is 37.2 Å². The summed E-state index contributed by atoms with van der Waals surface area (Å²) in [5.74, 6) is -1.70. The van der Waals surface area contributed by atoms with Gasteiger partial charge in [-0.2, -0.15) is 0 Å². The third-order valence-electron chi connectivity index (χ3n) is 3.68. The number of unbranched alkanes of at least 4 members (excludes halogenated alkanes) is 1. The Hall–Kier alpha value is -2.15. The number of carboxylic acids is 2. The van der Waals surface area contributed by atoms with Gasteiger partial charge in [0.1, 0.15) is 0 Å². The molecule has 25 heavy (non-hydrogen) atoms. The molecule has 0 aromatic heterocycles. The molecule has 0 aromatic carbocycles. The van der Waals surface area contributed by atoms with Gasteiger partial charge in [0, 0.05) is 19.3 Å². The van der Waals surface area contributed by atoms with Gasteiger partial charge in [-0.05, 0) is 30.8 Å². The van der Waals surface area contributed by atoms with Crippen molar-refractivity contribution in [3.8, 4) is 0 Å². The van der Waals surface area contributed by atoms with Crippen LogP contribution in [0.25, 0.3) is 0 Å². The number of aliphatic hydroxyl groups is 1. The fourth-order valence-corrected chi connectivity index (χ4v) is 2.44. The van der Waals surface area contributed by atoms with Crippen LogP contribution in [0.15, 0.2) is 29.0 Å². The quantitative estimate of drug-likeness (QED) is 0.299. The predicted octanol–water partition coefficient (Wildman–Crippen LogP) is 2.75.